The molecule has 6 heteroatoms. The summed E-state index contributed by atoms with van der Waals surface area (Å²) in [5.74, 6) is 0.503. The quantitative estimate of drug-likeness (QED) is 0.367. The van der Waals surface area contributed by atoms with Crippen molar-refractivity contribution in [1.29, 1.82) is 0 Å². The summed E-state index contributed by atoms with van der Waals surface area (Å²) in [5, 5.41) is 0. The van der Waals surface area contributed by atoms with Crippen molar-refractivity contribution >= 4 is 33.7 Å². The first kappa shape index (κ1) is 17.2. The predicted molar refractivity (Wildman–Crippen MR) is 93.6 cm³/mol. The number of alkyl halides is 1. The fourth-order valence-electron chi connectivity index (χ4n) is 1.80. The normalized spacial score (nSPS) is 12.0. The van der Waals surface area contributed by atoms with Gasteiger partial charge in [0.1, 0.15) is 22.2 Å². The van der Waals surface area contributed by atoms with Gasteiger partial charge in [0.25, 0.3) is 0 Å². The van der Waals surface area contributed by atoms with Crippen molar-refractivity contribution in [2.45, 2.75) is 18.2 Å². The Morgan fingerprint density at radius 1 is 1.18 bits per heavy atom. The van der Waals surface area contributed by atoms with Gasteiger partial charge in [-0.15, -0.1) is 0 Å². The van der Waals surface area contributed by atoms with E-state index >= 15 is 0 Å². The van der Waals surface area contributed by atoms with E-state index in [0.29, 0.717) is 18.1 Å². The van der Waals surface area contributed by atoms with Gasteiger partial charge in [-0.05, 0) is 43.2 Å². The highest BCUT2D eigenvalue weighted by Crippen LogP contribution is 2.25. The molecule has 0 aliphatic carbocycles. The van der Waals surface area contributed by atoms with Gasteiger partial charge in [-0.2, -0.15) is 0 Å². The molecular formula is C16H16FIO3S. The van der Waals surface area contributed by atoms with Crippen LogP contribution >= 0.6 is 22.6 Å². The van der Waals surface area contributed by atoms with E-state index in [1.807, 2.05) is 13.0 Å². The molecule has 0 heterocycles. The first-order chi connectivity index (χ1) is 10.6. The van der Waals surface area contributed by atoms with E-state index in [2.05, 4.69) is 22.6 Å². The Hall–Kier alpha value is -1.15. The van der Waals surface area contributed by atoms with Crippen molar-refractivity contribution in [1.82, 2.24) is 0 Å². The van der Waals surface area contributed by atoms with Gasteiger partial charge in [-0.25, -0.2) is 8.60 Å². The average Bonchev–Trinajstić information content (AvgIpc) is 2.47. The van der Waals surface area contributed by atoms with Gasteiger partial charge in [0, 0.05) is 10.5 Å². The lowest BCUT2D eigenvalue weighted by Crippen LogP contribution is -2.04. The third kappa shape index (κ3) is 4.95. The number of rotatable bonds is 7. The topological polar surface area (TPSA) is 35.5 Å². The highest BCUT2D eigenvalue weighted by molar-refractivity contribution is 14.1. The predicted octanol–water partition coefficient (Wildman–Crippen LogP) is 4.44. The first-order valence-electron chi connectivity index (χ1n) is 6.75. The zero-order chi connectivity index (χ0) is 15.9. The van der Waals surface area contributed by atoms with Crippen molar-refractivity contribution < 1.29 is 17.5 Å². The Labute approximate surface area is 145 Å². The van der Waals surface area contributed by atoms with Crippen LogP contribution in [0.15, 0.2) is 47.4 Å². The van der Waals surface area contributed by atoms with Crippen LogP contribution in [0.3, 0.4) is 0 Å². The molecule has 118 valence electrons. The van der Waals surface area contributed by atoms with Crippen LogP contribution in [0, 0.1) is 12.7 Å². The Morgan fingerprint density at radius 3 is 2.64 bits per heavy atom. The fraction of sp³-hybridized carbons (Fsp3) is 0.250. The van der Waals surface area contributed by atoms with Crippen molar-refractivity contribution in [2.75, 3.05) is 11.0 Å². The van der Waals surface area contributed by atoms with E-state index < -0.39 is 16.9 Å². The van der Waals surface area contributed by atoms with Gasteiger partial charge in [0.15, 0.2) is 0 Å². The minimum atomic E-state index is -1.90. The van der Waals surface area contributed by atoms with Crippen LogP contribution in [0.2, 0.25) is 0 Å². The van der Waals surface area contributed by atoms with Crippen LogP contribution in [0.5, 0.6) is 11.5 Å². The molecule has 1 atom stereocenters. The second kappa shape index (κ2) is 8.47. The molecule has 0 aliphatic heterocycles. The van der Waals surface area contributed by atoms with E-state index in [9.17, 15) is 8.60 Å². The maximum atomic E-state index is 13.6. The molecule has 2 rings (SSSR count). The summed E-state index contributed by atoms with van der Waals surface area (Å²) in [7, 11) is 0. The molecule has 0 saturated heterocycles. The Bertz CT molecular complexity index is 664. The number of benzene rings is 2. The molecule has 0 radical (unpaired) electrons. The van der Waals surface area contributed by atoms with Gasteiger partial charge in [0.05, 0.1) is 6.61 Å². The van der Waals surface area contributed by atoms with Crippen molar-refractivity contribution in [3.05, 3.63) is 53.8 Å². The van der Waals surface area contributed by atoms with Crippen LogP contribution in [0.1, 0.15) is 12.0 Å². The van der Waals surface area contributed by atoms with Crippen LogP contribution in [-0.4, -0.2) is 15.2 Å². The van der Waals surface area contributed by atoms with E-state index in [0.717, 1.165) is 16.4 Å². The van der Waals surface area contributed by atoms with E-state index in [-0.39, 0.29) is 4.90 Å². The molecule has 0 spiro atoms. The molecule has 0 aliphatic rings. The maximum Gasteiger partial charge on any atom is 0.243 e. The van der Waals surface area contributed by atoms with Gasteiger partial charge in [-0.3, -0.25) is 0 Å². The summed E-state index contributed by atoms with van der Waals surface area (Å²) in [6, 6.07) is 11.1. The monoisotopic (exact) mass is 434 g/mol. The zero-order valence-electron chi connectivity index (χ0n) is 12.1. The van der Waals surface area contributed by atoms with Gasteiger partial charge in [-0.1, -0.05) is 34.7 Å². The Morgan fingerprint density at radius 2 is 1.91 bits per heavy atom. The maximum absolute atomic E-state index is 13.6. The molecule has 2 aromatic carbocycles. The summed E-state index contributed by atoms with van der Waals surface area (Å²) in [6.45, 7) is 2.51. The second-order valence-electron chi connectivity index (χ2n) is 4.62. The van der Waals surface area contributed by atoms with Crippen molar-refractivity contribution in [3.8, 4) is 11.5 Å². The lowest BCUT2D eigenvalue weighted by molar-refractivity contribution is 0.318. The molecule has 22 heavy (non-hydrogen) atoms. The zero-order valence-corrected chi connectivity index (χ0v) is 15.0. The molecule has 0 N–H and O–H groups in total. The Kier molecular flexibility index (Phi) is 6.63. The Balaban J connectivity index is 2.12. The standard InChI is InChI=1S/C16H16FIO3S/c1-12-9-13(20-8-4-7-18)11-14(10-12)21-22(19)16-6-3-2-5-15(16)17/h2-3,5-6,9-11H,4,7-8H2,1H3. The highest BCUT2D eigenvalue weighted by atomic mass is 127. The van der Waals surface area contributed by atoms with Crippen LogP contribution in [0.4, 0.5) is 4.39 Å². The number of halogens is 2. The summed E-state index contributed by atoms with van der Waals surface area (Å²) < 4.78 is 37.7. The van der Waals surface area contributed by atoms with Gasteiger partial charge >= 0.3 is 0 Å². The van der Waals surface area contributed by atoms with Crippen LogP contribution in [0.25, 0.3) is 0 Å². The fourth-order valence-corrected chi connectivity index (χ4v) is 2.89. The SMILES string of the molecule is Cc1cc(OCCCI)cc(OS(=O)c2ccccc2F)c1. The average molecular weight is 434 g/mol. The number of hydrogen-bond acceptors (Lipinski definition) is 3. The third-order valence-electron chi connectivity index (χ3n) is 2.76. The molecule has 0 aromatic heterocycles. The summed E-state index contributed by atoms with van der Waals surface area (Å²) in [6.07, 6.45) is 0.950. The van der Waals surface area contributed by atoms with Crippen LogP contribution in [-0.2, 0) is 11.1 Å². The molecule has 3 nitrogen and oxygen atoms in total. The van der Waals surface area contributed by atoms with Crippen molar-refractivity contribution in [2.24, 2.45) is 0 Å². The molecule has 0 saturated carbocycles. The van der Waals surface area contributed by atoms with E-state index in [4.69, 9.17) is 8.92 Å². The largest absolute Gasteiger partial charge is 0.493 e. The minimum Gasteiger partial charge on any atom is -0.493 e. The second-order valence-corrected chi connectivity index (χ2v) is 6.78. The van der Waals surface area contributed by atoms with Gasteiger partial charge < -0.3 is 8.92 Å². The molecular weight excluding hydrogens is 418 g/mol. The summed E-state index contributed by atoms with van der Waals surface area (Å²) in [4.78, 5) is 0.0244. The number of aryl methyl sites for hydroxylation is 1. The summed E-state index contributed by atoms with van der Waals surface area (Å²) >= 11 is 0.387. The van der Waals surface area contributed by atoms with E-state index in [1.165, 1.54) is 12.1 Å². The summed E-state index contributed by atoms with van der Waals surface area (Å²) in [5.41, 5.74) is 0.924. The minimum absolute atomic E-state index is 0.0244. The van der Waals surface area contributed by atoms with E-state index in [1.54, 1.807) is 24.3 Å². The molecule has 0 amide bonds. The van der Waals surface area contributed by atoms with Gasteiger partial charge in [0.2, 0.25) is 11.1 Å². The lowest BCUT2D eigenvalue weighted by Gasteiger charge is -2.10. The molecule has 0 fully saturated rings. The number of ether oxygens (including phenoxy) is 1. The third-order valence-corrected chi connectivity index (χ3v) is 4.56. The molecule has 1 unspecified atom stereocenters. The molecule has 0 bridgehead atoms. The van der Waals surface area contributed by atoms with Crippen molar-refractivity contribution in [3.63, 3.8) is 0 Å². The highest BCUT2D eigenvalue weighted by Gasteiger charge is 2.12. The molecule has 2 aromatic rings. The van der Waals surface area contributed by atoms with Crippen LogP contribution < -0.4 is 8.92 Å². The lowest BCUT2D eigenvalue weighted by atomic mass is 10.2. The smallest absolute Gasteiger partial charge is 0.243 e. The number of hydrogen-bond donors (Lipinski definition) is 0. The first-order valence-corrected chi connectivity index (χ1v) is 9.35.